The molecule has 0 radical (unpaired) electrons. The third kappa shape index (κ3) is 2.41. The van der Waals surface area contributed by atoms with Gasteiger partial charge in [0.15, 0.2) is 0 Å². The minimum absolute atomic E-state index is 0.0510. The quantitative estimate of drug-likeness (QED) is 0.838. The van der Waals surface area contributed by atoms with Crippen LogP contribution in [-0.2, 0) is 0 Å². The summed E-state index contributed by atoms with van der Waals surface area (Å²) in [6, 6.07) is 7.77. The highest BCUT2D eigenvalue weighted by atomic mass is 16.2. The van der Waals surface area contributed by atoms with Crippen LogP contribution in [0.2, 0.25) is 0 Å². The van der Waals surface area contributed by atoms with Crippen LogP contribution in [0.25, 0.3) is 10.9 Å². The van der Waals surface area contributed by atoms with Crippen molar-refractivity contribution < 1.29 is 4.79 Å². The first-order chi connectivity index (χ1) is 8.24. The fourth-order valence-corrected chi connectivity index (χ4v) is 1.84. The molecule has 0 saturated heterocycles. The highest BCUT2D eigenvalue weighted by Crippen LogP contribution is 2.18. The van der Waals surface area contributed by atoms with Crippen LogP contribution < -0.4 is 5.32 Å². The summed E-state index contributed by atoms with van der Waals surface area (Å²) >= 11 is 0. The highest BCUT2D eigenvalue weighted by Gasteiger charge is 2.09. The average molecular weight is 231 g/mol. The van der Waals surface area contributed by atoms with Crippen LogP contribution in [-0.4, -0.2) is 29.0 Å². The number of carbonyl (C=O) groups excluding carboxylic acids is 1. The second kappa shape index (κ2) is 4.91. The molecule has 2 rings (SSSR count). The fraction of sp³-hybridized carbons (Fsp3) is 0.308. The van der Waals surface area contributed by atoms with Crippen LogP contribution in [0.3, 0.4) is 0 Å². The lowest BCUT2D eigenvalue weighted by atomic mass is 10.2. The number of amides is 2. The van der Waals surface area contributed by atoms with Crippen LogP contribution in [0.1, 0.15) is 13.8 Å². The number of urea groups is 1. The van der Waals surface area contributed by atoms with Crippen molar-refractivity contribution in [3.05, 3.63) is 30.5 Å². The van der Waals surface area contributed by atoms with Gasteiger partial charge in [-0.15, -0.1) is 0 Å². The molecule has 4 nitrogen and oxygen atoms in total. The number of rotatable bonds is 3. The minimum Gasteiger partial charge on any atom is -0.361 e. The molecule has 4 heteroatoms. The van der Waals surface area contributed by atoms with E-state index in [-0.39, 0.29) is 6.03 Å². The zero-order chi connectivity index (χ0) is 12.3. The Morgan fingerprint density at radius 2 is 2.06 bits per heavy atom. The van der Waals surface area contributed by atoms with Gasteiger partial charge >= 0.3 is 6.03 Å². The summed E-state index contributed by atoms with van der Waals surface area (Å²) in [6.45, 7) is 5.38. The van der Waals surface area contributed by atoms with Gasteiger partial charge in [0.2, 0.25) is 0 Å². The number of anilines is 1. The van der Waals surface area contributed by atoms with E-state index in [2.05, 4.69) is 10.3 Å². The molecule has 2 aromatic rings. The summed E-state index contributed by atoms with van der Waals surface area (Å²) in [4.78, 5) is 16.7. The van der Waals surface area contributed by atoms with Gasteiger partial charge in [-0.2, -0.15) is 0 Å². The van der Waals surface area contributed by atoms with E-state index in [0.717, 1.165) is 16.6 Å². The summed E-state index contributed by atoms with van der Waals surface area (Å²) in [5.74, 6) is 0. The number of aromatic amines is 1. The van der Waals surface area contributed by atoms with Gasteiger partial charge in [0, 0.05) is 35.9 Å². The SMILES string of the molecule is CCN(CC)C(=O)Nc1ccc2[nH]ccc2c1. The summed E-state index contributed by atoms with van der Waals surface area (Å²) < 4.78 is 0. The Morgan fingerprint density at radius 3 is 2.76 bits per heavy atom. The van der Waals surface area contributed by atoms with Gasteiger partial charge in [-0.25, -0.2) is 4.79 Å². The first-order valence-corrected chi connectivity index (χ1v) is 5.87. The van der Waals surface area contributed by atoms with Crippen LogP contribution in [0.15, 0.2) is 30.5 Å². The summed E-state index contributed by atoms with van der Waals surface area (Å²) in [7, 11) is 0. The van der Waals surface area contributed by atoms with E-state index >= 15 is 0 Å². The molecule has 0 aliphatic rings. The molecular weight excluding hydrogens is 214 g/mol. The number of carbonyl (C=O) groups is 1. The third-order valence-corrected chi connectivity index (χ3v) is 2.86. The fourth-order valence-electron chi connectivity index (χ4n) is 1.84. The summed E-state index contributed by atoms with van der Waals surface area (Å²) in [6.07, 6.45) is 1.89. The second-order valence-corrected chi connectivity index (χ2v) is 3.88. The van der Waals surface area contributed by atoms with Gasteiger partial charge in [-0.3, -0.25) is 0 Å². The van der Waals surface area contributed by atoms with E-state index in [0.29, 0.717) is 13.1 Å². The zero-order valence-electron chi connectivity index (χ0n) is 10.2. The van der Waals surface area contributed by atoms with Crippen LogP contribution in [0, 0.1) is 0 Å². The minimum atomic E-state index is -0.0510. The van der Waals surface area contributed by atoms with Gasteiger partial charge in [0.1, 0.15) is 0 Å². The number of aromatic nitrogens is 1. The van der Waals surface area contributed by atoms with E-state index in [9.17, 15) is 4.79 Å². The highest BCUT2D eigenvalue weighted by molar-refractivity contribution is 5.92. The molecule has 0 unspecified atom stereocenters. The molecule has 1 aromatic heterocycles. The largest absolute Gasteiger partial charge is 0.361 e. The van der Waals surface area contributed by atoms with Crippen molar-refractivity contribution in [3.8, 4) is 0 Å². The molecule has 1 aromatic carbocycles. The standard InChI is InChI=1S/C13H17N3O/c1-3-16(4-2)13(17)15-11-5-6-12-10(9-11)7-8-14-12/h5-9,14H,3-4H2,1-2H3,(H,15,17). The lowest BCUT2D eigenvalue weighted by Crippen LogP contribution is -2.34. The molecule has 0 spiro atoms. The second-order valence-electron chi connectivity index (χ2n) is 3.88. The zero-order valence-corrected chi connectivity index (χ0v) is 10.2. The monoisotopic (exact) mass is 231 g/mol. The lowest BCUT2D eigenvalue weighted by molar-refractivity contribution is 0.217. The molecule has 0 bridgehead atoms. The lowest BCUT2D eigenvalue weighted by Gasteiger charge is -2.19. The van der Waals surface area contributed by atoms with Crippen molar-refractivity contribution in [3.63, 3.8) is 0 Å². The molecule has 17 heavy (non-hydrogen) atoms. The van der Waals surface area contributed by atoms with Crippen molar-refractivity contribution in [2.75, 3.05) is 18.4 Å². The Balaban J connectivity index is 2.14. The summed E-state index contributed by atoms with van der Waals surface area (Å²) in [5.41, 5.74) is 1.90. The molecule has 0 aliphatic carbocycles. The molecule has 1 heterocycles. The number of benzene rings is 1. The molecule has 0 aliphatic heterocycles. The molecule has 90 valence electrons. The van der Waals surface area contributed by atoms with Crippen LogP contribution >= 0.6 is 0 Å². The third-order valence-electron chi connectivity index (χ3n) is 2.86. The Bertz CT molecular complexity index is 514. The van der Waals surface area contributed by atoms with Crippen molar-refractivity contribution in [1.82, 2.24) is 9.88 Å². The number of hydrogen-bond acceptors (Lipinski definition) is 1. The van der Waals surface area contributed by atoms with E-state index in [1.54, 1.807) is 4.90 Å². The molecule has 0 fully saturated rings. The maximum absolute atomic E-state index is 11.9. The van der Waals surface area contributed by atoms with E-state index < -0.39 is 0 Å². The topological polar surface area (TPSA) is 48.1 Å². The predicted molar refractivity (Wildman–Crippen MR) is 70.2 cm³/mol. The molecule has 2 N–H and O–H groups in total. The smallest absolute Gasteiger partial charge is 0.321 e. The number of hydrogen-bond donors (Lipinski definition) is 2. The van der Waals surface area contributed by atoms with E-state index in [4.69, 9.17) is 0 Å². The van der Waals surface area contributed by atoms with Crippen molar-refractivity contribution in [1.29, 1.82) is 0 Å². The van der Waals surface area contributed by atoms with Gasteiger partial charge in [-0.05, 0) is 38.1 Å². The van der Waals surface area contributed by atoms with Crippen molar-refractivity contribution >= 4 is 22.6 Å². The van der Waals surface area contributed by atoms with Crippen molar-refractivity contribution in [2.45, 2.75) is 13.8 Å². The Hall–Kier alpha value is -1.97. The Kier molecular flexibility index (Phi) is 3.32. The van der Waals surface area contributed by atoms with E-state index in [1.165, 1.54) is 0 Å². The first kappa shape index (κ1) is 11.5. The Labute approximate surface area is 101 Å². The van der Waals surface area contributed by atoms with Gasteiger partial charge < -0.3 is 15.2 Å². The number of nitrogens with zero attached hydrogens (tertiary/aromatic N) is 1. The van der Waals surface area contributed by atoms with E-state index in [1.807, 2.05) is 44.3 Å². The predicted octanol–water partition coefficient (Wildman–Crippen LogP) is 3.04. The molecular formula is C13H17N3O. The first-order valence-electron chi connectivity index (χ1n) is 5.87. The number of nitrogens with one attached hydrogen (secondary N) is 2. The van der Waals surface area contributed by atoms with Gasteiger partial charge in [-0.1, -0.05) is 0 Å². The normalized spacial score (nSPS) is 10.5. The molecule has 0 atom stereocenters. The van der Waals surface area contributed by atoms with Gasteiger partial charge in [0.05, 0.1) is 0 Å². The average Bonchev–Trinajstić information content (AvgIpc) is 2.77. The molecule has 2 amide bonds. The summed E-state index contributed by atoms with van der Waals surface area (Å²) in [5, 5.41) is 4.00. The maximum atomic E-state index is 11.9. The van der Waals surface area contributed by atoms with Crippen molar-refractivity contribution in [2.24, 2.45) is 0 Å². The molecule has 0 saturated carbocycles. The van der Waals surface area contributed by atoms with Crippen LogP contribution in [0.5, 0.6) is 0 Å². The Morgan fingerprint density at radius 1 is 1.29 bits per heavy atom. The maximum Gasteiger partial charge on any atom is 0.321 e. The number of fused-ring (bicyclic) bond motifs is 1. The van der Waals surface area contributed by atoms with Gasteiger partial charge in [0.25, 0.3) is 0 Å². The number of H-pyrrole nitrogens is 1. The van der Waals surface area contributed by atoms with Crippen LogP contribution in [0.4, 0.5) is 10.5 Å².